The molecule has 1 nitrogen and oxygen atoms in total. The highest BCUT2D eigenvalue weighted by Gasteiger charge is 2.27. The number of hydrogen-bond acceptors (Lipinski definition) is 1. The molecule has 0 atom stereocenters. The predicted octanol–water partition coefficient (Wildman–Crippen LogP) is 2.32. The van der Waals surface area contributed by atoms with Crippen molar-refractivity contribution in [3.63, 3.8) is 0 Å². The third-order valence-electron chi connectivity index (χ3n) is 2.40. The molecule has 60 valence electrons. The molecule has 0 unspecified atom stereocenters. The number of alkyl halides is 1. The highest BCUT2D eigenvalue weighted by molar-refractivity contribution is 9.09. The summed E-state index contributed by atoms with van der Waals surface area (Å²) >= 11 is 3.47. The Morgan fingerprint density at radius 1 is 1.50 bits per heavy atom. The van der Waals surface area contributed by atoms with E-state index in [0.29, 0.717) is 0 Å². The molecule has 1 fully saturated rings. The van der Waals surface area contributed by atoms with Crippen LogP contribution in [0.4, 0.5) is 0 Å². The summed E-state index contributed by atoms with van der Waals surface area (Å²) in [4.78, 5) is 0. The fourth-order valence-corrected chi connectivity index (χ4v) is 2.10. The van der Waals surface area contributed by atoms with Gasteiger partial charge in [-0.1, -0.05) is 15.9 Å². The van der Waals surface area contributed by atoms with Gasteiger partial charge in [0.2, 0.25) is 0 Å². The van der Waals surface area contributed by atoms with E-state index in [1.54, 1.807) is 0 Å². The van der Waals surface area contributed by atoms with E-state index in [9.17, 15) is 5.11 Å². The molecule has 0 aromatic carbocycles. The van der Waals surface area contributed by atoms with Crippen LogP contribution < -0.4 is 0 Å². The van der Waals surface area contributed by atoms with Crippen LogP contribution in [0.25, 0.3) is 0 Å². The van der Waals surface area contributed by atoms with E-state index in [-0.39, 0.29) is 5.60 Å². The van der Waals surface area contributed by atoms with Gasteiger partial charge in [0.25, 0.3) is 0 Å². The lowest BCUT2D eigenvalue weighted by atomic mass is 9.81. The molecule has 0 heterocycles. The molecule has 1 N–H and O–H groups in total. The molecule has 0 radical (unpaired) electrons. The predicted molar refractivity (Wildman–Crippen MR) is 46.4 cm³/mol. The van der Waals surface area contributed by atoms with Crippen LogP contribution in [0.15, 0.2) is 0 Å². The molecule has 0 bridgehead atoms. The molecule has 10 heavy (non-hydrogen) atoms. The van der Waals surface area contributed by atoms with Crippen LogP contribution in [-0.4, -0.2) is 16.0 Å². The van der Waals surface area contributed by atoms with Crippen LogP contribution >= 0.6 is 15.9 Å². The molecular weight excluding hydrogens is 192 g/mol. The summed E-state index contributed by atoms with van der Waals surface area (Å²) in [5, 5.41) is 10.7. The van der Waals surface area contributed by atoms with E-state index in [1.807, 2.05) is 6.92 Å². The molecule has 1 saturated carbocycles. The maximum absolute atomic E-state index is 9.57. The monoisotopic (exact) mass is 206 g/mol. The lowest BCUT2D eigenvalue weighted by Crippen LogP contribution is -2.30. The number of hydrogen-bond donors (Lipinski definition) is 1. The number of aliphatic hydroxyl groups is 1. The molecule has 1 aliphatic carbocycles. The van der Waals surface area contributed by atoms with Gasteiger partial charge in [0.15, 0.2) is 0 Å². The lowest BCUT2D eigenvalue weighted by molar-refractivity contribution is 0.0112. The average molecular weight is 207 g/mol. The third-order valence-corrected chi connectivity index (χ3v) is 3.32. The maximum Gasteiger partial charge on any atom is 0.0620 e. The molecule has 0 amide bonds. The first kappa shape index (κ1) is 8.54. The standard InChI is InChI=1S/C8H15BrO/c1-8(10)4-2-7(6-9)3-5-8/h7,10H,2-6H2,1H3. The SMILES string of the molecule is CC1(O)CCC(CBr)CC1. The van der Waals surface area contributed by atoms with Gasteiger partial charge >= 0.3 is 0 Å². The molecule has 1 rings (SSSR count). The zero-order valence-corrected chi connectivity index (χ0v) is 8.02. The minimum Gasteiger partial charge on any atom is -0.390 e. The average Bonchev–Trinajstić information content (AvgIpc) is 1.88. The zero-order valence-electron chi connectivity index (χ0n) is 6.44. The van der Waals surface area contributed by atoms with Crippen LogP contribution in [0, 0.1) is 5.92 Å². The van der Waals surface area contributed by atoms with Crippen molar-refractivity contribution in [2.24, 2.45) is 5.92 Å². The minimum absolute atomic E-state index is 0.362. The third kappa shape index (κ3) is 2.24. The van der Waals surface area contributed by atoms with Crippen molar-refractivity contribution < 1.29 is 5.11 Å². The van der Waals surface area contributed by atoms with E-state index < -0.39 is 0 Å². The highest BCUT2D eigenvalue weighted by Crippen LogP contribution is 2.32. The Kier molecular flexibility index (Phi) is 2.75. The summed E-state index contributed by atoms with van der Waals surface area (Å²) in [6.07, 6.45) is 4.31. The molecule has 0 aliphatic heterocycles. The number of halogens is 1. The molecule has 0 aromatic rings. The summed E-state index contributed by atoms with van der Waals surface area (Å²) < 4.78 is 0. The van der Waals surface area contributed by atoms with Crippen molar-refractivity contribution >= 4 is 15.9 Å². The van der Waals surface area contributed by atoms with E-state index in [0.717, 1.165) is 24.1 Å². The largest absolute Gasteiger partial charge is 0.390 e. The smallest absolute Gasteiger partial charge is 0.0620 e. The van der Waals surface area contributed by atoms with Gasteiger partial charge in [-0.2, -0.15) is 0 Å². The molecular formula is C8H15BrO. The van der Waals surface area contributed by atoms with E-state index >= 15 is 0 Å². The Morgan fingerprint density at radius 3 is 2.40 bits per heavy atom. The molecule has 0 saturated heterocycles. The molecule has 0 spiro atoms. The lowest BCUT2D eigenvalue weighted by Gasteiger charge is -2.32. The van der Waals surface area contributed by atoms with Crippen LogP contribution in [0.2, 0.25) is 0 Å². The molecule has 2 heteroatoms. The van der Waals surface area contributed by atoms with Crippen LogP contribution in [0.5, 0.6) is 0 Å². The normalized spacial score (nSPS) is 41.7. The van der Waals surface area contributed by atoms with Crippen molar-refractivity contribution in [3.05, 3.63) is 0 Å². The minimum atomic E-state index is -0.362. The summed E-state index contributed by atoms with van der Waals surface area (Å²) in [5.74, 6) is 0.806. The Bertz CT molecular complexity index is 102. The van der Waals surface area contributed by atoms with E-state index in [1.165, 1.54) is 12.8 Å². The Morgan fingerprint density at radius 2 is 2.00 bits per heavy atom. The second-order valence-corrected chi connectivity index (χ2v) is 4.24. The fourth-order valence-electron chi connectivity index (χ4n) is 1.45. The van der Waals surface area contributed by atoms with Gasteiger partial charge in [0.1, 0.15) is 0 Å². The highest BCUT2D eigenvalue weighted by atomic mass is 79.9. The first-order valence-electron chi connectivity index (χ1n) is 3.92. The van der Waals surface area contributed by atoms with Gasteiger partial charge in [-0.15, -0.1) is 0 Å². The second kappa shape index (κ2) is 3.22. The Hall–Kier alpha value is 0.440. The summed E-state index contributed by atoms with van der Waals surface area (Å²) in [5.41, 5.74) is -0.362. The van der Waals surface area contributed by atoms with Crippen LogP contribution in [0.1, 0.15) is 32.6 Å². The maximum atomic E-state index is 9.57. The fraction of sp³-hybridized carbons (Fsp3) is 1.00. The number of rotatable bonds is 1. The van der Waals surface area contributed by atoms with Crippen molar-refractivity contribution in [1.82, 2.24) is 0 Å². The van der Waals surface area contributed by atoms with Gasteiger partial charge in [-0.05, 0) is 38.5 Å². The Labute approximate surface area is 70.9 Å². The quantitative estimate of drug-likeness (QED) is 0.654. The van der Waals surface area contributed by atoms with E-state index in [4.69, 9.17) is 0 Å². The van der Waals surface area contributed by atoms with Gasteiger partial charge in [0, 0.05) is 5.33 Å². The van der Waals surface area contributed by atoms with Crippen molar-refractivity contribution in [2.75, 3.05) is 5.33 Å². The topological polar surface area (TPSA) is 20.2 Å². The first-order valence-corrected chi connectivity index (χ1v) is 5.04. The first-order chi connectivity index (χ1) is 4.64. The van der Waals surface area contributed by atoms with Gasteiger partial charge in [-0.25, -0.2) is 0 Å². The van der Waals surface area contributed by atoms with E-state index in [2.05, 4.69) is 15.9 Å². The van der Waals surface area contributed by atoms with Crippen LogP contribution in [0.3, 0.4) is 0 Å². The second-order valence-electron chi connectivity index (χ2n) is 3.59. The Balaban J connectivity index is 2.31. The van der Waals surface area contributed by atoms with Crippen molar-refractivity contribution in [3.8, 4) is 0 Å². The summed E-state index contributed by atoms with van der Waals surface area (Å²) in [7, 11) is 0. The zero-order chi connectivity index (χ0) is 7.61. The van der Waals surface area contributed by atoms with Crippen LogP contribution in [-0.2, 0) is 0 Å². The van der Waals surface area contributed by atoms with Gasteiger partial charge in [-0.3, -0.25) is 0 Å². The van der Waals surface area contributed by atoms with Gasteiger partial charge in [0.05, 0.1) is 5.60 Å². The van der Waals surface area contributed by atoms with Crippen molar-refractivity contribution in [1.29, 1.82) is 0 Å². The summed E-state index contributed by atoms with van der Waals surface area (Å²) in [6.45, 7) is 1.94. The van der Waals surface area contributed by atoms with Crippen molar-refractivity contribution in [2.45, 2.75) is 38.2 Å². The summed E-state index contributed by atoms with van der Waals surface area (Å²) in [6, 6.07) is 0. The molecule has 1 aliphatic rings. The van der Waals surface area contributed by atoms with Gasteiger partial charge < -0.3 is 5.11 Å². The molecule has 0 aromatic heterocycles.